The predicted octanol–water partition coefficient (Wildman–Crippen LogP) is 3.35. The topological polar surface area (TPSA) is 99.3 Å². The van der Waals surface area contributed by atoms with E-state index in [0.29, 0.717) is 54.6 Å². The maximum atomic E-state index is 15.4. The largest absolute Gasteiger partial charge is 0.489 e. The number of carbonyl (C=O) groups excluding carboxylic acids is 4. The van der Waals surface area contributed by atoms with E-state index in [1.54, 1.807) is 18.2 Å². The molecule has 0 aromatic heterocycles. The van der Waals surface area contributed by atoms with E-state index >= 15 is 8.78 Å². The molecule has 0 radical (unpaired) electrons. The number of ether oxygens (including phenoxy) is 1. The summed E-state index contributed by atoms with van der Waals surface area (Å²) < 4.78 is 37.1. The zero-order chi connectivity index (χ0) is 30.1. The number of imide groups is 1. The third kappa shape index (κ3) is 5.21. The lowest BCUT2D eigenvalue weighted by atomic mass is 9.76. The molecule has 3 atom stereocenters. The number of halogens is 2. The highest BCUT2D eigenvalue weighted by atomic mass is 19.3. The van der Waals surface area contributed by atoms with Crippen molar-refractivity contribution in [2.45, 2.75) is 95.4 Å². The minimum Gasteiger partial charge on any atom is -0.489 e. The standard InChI is InChI=1S/C32H40F2N4O5/c1-31(11-12-31)30(42)36-13-8-19(9-14-36)21-16-37(17-21)27-25(3-2-10-32(27,33)34)43-22-4-5-23-20(15-22)18-38(29(23)41)24-6-7-26(39)35-28(24)40/h4-5,15,19,21,24-25,27H,2-3,6-14,16-18H2,1H3,(H,35,39,40)/t24?,25-,27+/m1/s1. The Kier molecular flexibility index (Phi) is 7.02. The molecule has 4 heterocycles. The summed E-state index contributed by atoms with van der Waals surface area (Å²) in [4.78, 5) is 55.1. The molecular formula is C32H40F2N4O5. The van der Waals surface area contributed by atoms with Crippen LogP contribution in [0.2, 0.25) is 0 Å². The molecule has 5 fully saturated rings. The van der Waals surface area contributed by atoms with Crippen LogP contribution in [0.3, 0.4) is 0 Å². The lowest BCUT2D eigenvalue weighted by Crippen LogP contribution is -2.66. The number of amides is 4. The van der Waals surface area contributed by atoms with E-state index in [0.717, 1.165) is 38.8 Å². The van der Waals surface area contributed by atoms with Crippen molar-refractivity contribution in [2.75, 3.05) is 26.2 Å². The van der Waals surface area contributed by atoms with Gasteiger partial charge in [-0.3, -0.25) is 29.4 Å². The average Bonchev–Trinajstić information content (AvgIpc) is 3.62. The highest BCUT2D eigenvalue weighted by Gasteiger charge is 2.55. The first kappa shape index (κ1) is 28.7. The summed E-state index contributed by atoms with van der Waals surface area (Å²) in [5.41, 5.74) is 1.01. The van der Waals surface area contributed by atoms with Crippen LogP contribution in [0.15, 0.2) is 18.2 Å². The molecule has 43 heavy (non-hydrogen) atoms. The van der Waals surface area contributed by atoms with Crippen molar-refractivity contribution in [3.63, 3.8) is 0 Å². The zero-order valence-electron chi connectivity index (χ0n) is 24.7. The van der Waals surface area contributed by atoms with Crippen molar-refractivity contribution >= 4 is 23.6 Å². The molecule has 0 spiro atoms. The third-order valence-corrected chi connectivity index (χ3v) is 10.9. The van der Waals surface area contributed by atoms with Crippen molar-refractivity contribution in [1.82, 2.24) is 20.0 Å². The SMILES string of the molecule is CC1(C(=O)N2CCC(C3CN([C@H]4[C@H](Oc5ccc6c(c5)CN(C5CCC(=O)NC5=O)C6=O)CCCC4(F)F)C3)CC2)CC1. The van der Waals surface area contributed by atoms with Gasteiger partial charge in [0.25, 0.3) is 11.8 Å². The van der Waals surface area contributed by atoms with E-state index in [1.807, 2.05) is 16.7 Å². The minimum absolute atomic E-state index is 0.150. The van der Waals surface area contributed by atoms with Crippen molar-refractivity contribution in [3.8, 4) is 5.75 Å². The summed E-state index contributed by atoms with van der Waals surface area (Å²) in [5.74, 6) is -2.41. The zero-order valence-corrected chi connectivity index (χ0v) is 24.7. The normalized spacial score (nSPS) is 31.0. The Bertz CT molecular complexity index is 1330. The van der Waals surface area contributed by atoms with Crippen molar-refractivity contribution in [2.24, 2.45) is 17.3 Å². The van der Waals surface area contributed by atoms with E-state index in [2.05, 4.69) is 5.32 Å². The number of rotatable bonds is 6. The van der Waals surface area contributed by atoms with Gasteiger partial charge in [0.05, 0.1) is 0 Å². The minimum atomic E-state index is -2.86. The third-order valence-electron chi connectivity index (χ3n) is 10.9. The molecule has 6 aliphatic rings. The molecule has 2 aliphatic carbocycles. The van der Waals surface area contributed by atoms with Crippen LogP contribution in [-0.2, 0) is 20.9 Å². The first-order valence-corrected chi connectivity index (χ1v) is 15.9. The van der Waals surface area contributed by atoms with Gasteiger partial charge in [0.2, 0.25) is 17.7 Å². The summed E-state index contributed by atoms with van der Waals surface area (Å²) in [5, 5.41) is 2.30. The van der Waals surface area contributed by atoms with E-state index in [9.17, 15) is 19.2 Å². The van der Waals surface area contributed by atoms with Gasteiger partial charge >= 0.3 is 0 Å². The quantitative estimate of drug-likeness (QED) is 0.505. The van der Waals surface area contributed by atoms with Gasteiger partial charge < -0.3 is 14.5 Å². The molecule has 7 rings (SSSR count). The second kappa shape index (κ2) is 10.5. The fraction of sp³-hybridized carbons (Fsp3) is 0.688. The van der Waals surface area contributed by atoms with Crippen LogP contribution < -0.4 is 10.1 Å². The van der Waals surface area contributed by atoms with Crippen molar-refractivity contribution < 1.29 is 32.7 Å². The Labute approximate surface area is 250 Å². The smallest absolute Gasteiger partial charge is 0.266 e. The number of piperidine rings is 2. The molecule has 1 unspecified atom stereocenters. The van der Waals surface area contributed by atoms with Crippen LogP contribution in [0.4, 0.5) is 8.78 Å². The molecule has 4 amide bonds. The van der Waals surface area contributed by atoms with Gasteiger partial charge in [-0.1, -0.05) is 6.92 Å². The maximum Gasteiger partial charge on any atom is 0.266 e. The van der Waals surface area contributed by atoms with Crippen LogP contribution in [0.5, 0.6) is 5.75 Å². The number of alkyl halides is 2. The number of fused-ring (bicyclic) bond motifs is 1. The number of nitrogens with one attached hydrogen (secondary N) is 1. The molecule has 2 saturated carbocycles. The molecule has 11 heteroatoms. The van der Waals surface area contributed by atoms with Crippen LogP contribution in [0, 0.1) is 17.3 Å². The summed E-state index contributed by atoms with van der Waals surface area (Å²) in [6, 6.07) is 3.32. The summed E-state index contributed by atoms with van der Waals surface area (Å²) in [7, 11) is 0. The molecule has 1 aromatic carbocycles. The van der Waals surface area contributed by atoms with Gasteiger partial charge in [-0.15, -0.1) is 0 Å². The van der Waals surface area contributed by atoms with E-state index in [-0.39, 0.29) is 48.9 Å². The highest BCUT2D eigenvalue weighted by Crippen LogP contribution is 2.48. The van der Waals surface area contributed by atoms with Gasteiger partial charge in [0.15, 0.2) is 0 Å². The van der Waals surface area contributed by atoms with Crippen LogP contribution in [0.1, 0.15) is 80.6 Å². The fourth-order valence-electron chi connectivity index (χ4n) is 7.97. The van der Waals surface area contributed by atoms with Gasteiger partial charge in [-0.05, 0) is 80.5 Å². The van der Waals surface area contributed by atoms with Gasteiger partial charge in [-0.25, -0.2) is 8.78 Å². The Morgan fingerprint density at radius 1 is 1.00 bits per heavy atom. The van der Waals surface area contributed by atoms with Crippen LogP contribution >= 0.6 is 0 Å². The Morgan fingerprint density at radius 3 is 2.44 bits per heavy atom. The highest BCUT2D eigenvalue weighted by molar-refractivity contribution is 6.05. The van der Waals surface area contributed by atoms with Crippen LogP contribution in [0.25, 0.3) is 0 Å². The summed E-state index contributed by atoms with van der Waals surface area (Å²) in [6.45, 7) is 5.03. The Hall–Kier alpha value is -3.08. The summed E-state index contributed by atoms with van der Waals surface area (Å²) >= 11 is 0. The van der Waals surface area contributed by atoms with E-state index in [1.165, 1.54) is 4.90 Å². The lowest BCUT2D eigenvalue weighted by Gasteiger charge is -2.53. The first-order valence-electron chi connectivity index (χ1n) is 15.9. The summed E-state index contributed by atoms with van der Waals surface area (Å²) in [6.07, 6.45) is 4.36. The predicted molar refractivity (Wildman–Crippen MR) is 151 cm³/mol. The first-order chi connectivity index (χ1) is 20.5. The number of nitrogens with zero attached hydrogens (tertiary/aromatic N) is 3. The molecular weight excluding hydrogens is 558 g/mol. The average molecular weight is 599 g/mol. The molecule has 1 N–H and O–H groups in total. The number of benzene rings is 1. The molecule has 3 saturated heterocycles. The second-order valence-corrected chi connectivity index (χ2v) is 13.9. The van der Waals surface area contributed by atoms with Gasteiger partial charge in [0, 0.05) is 56.5 Å². The fourth-order valence-corrected chi connectivity index (χ4v) is 7.97. The van der Waals surface area contributed by atoms with Crippen molar-refractivity contribution in [1.29, 1.82) is 0 Å². The van der Waals surface area contributed by atoms with Gasteiger partial charge in [0.1, 0.15) is 23.9 Å². The van der Waals surface area contributed by atoms with Crippen molar-refractivity contribution in [3.05, 3.63) is 29.3 Å². The van der Waals surface area contributed by atoms with Crippen LogP contribution in [-0.4, -0.2) is 88.6 Å². The van der Waals surface area contributed by atoms with Gasteiger partial charge in [-0.2, -0.15) is 0 Å². The second-order valence-electron chi connectivity index (χ2n) is 13.9. The molecule has 232 valence electrons. The number of hydrogen-bond donors (Lipinski definition) is 1. The molecule has 9 nitrogen and oxygen atoms in total. The molecule has 0 bridgehead atoms. The Balaban J connectivity index is 0.982. The maximum absolute atomic E-state index is 15.4. The molecule has 4 aliphatic heterocycles. The molecule has 1 aromatic rings. The number of hydrogen-bond acceptors (Lipinski definition) is 6. The number of carbonyl (C=O) groups is 4. The lowest BCUT2D eigenvalue weighted by molar-refractivity contribution is -0.173. The Morgan fingerprint density at radius 2 is 1.74 bits per heavy atom. The number of likely N-dealkylation sites (tertiary alicyclic amines) is 2. The van der Waals surface area contributed by atoms with E-state index < -0.39 is 30.0 Å². The van der Waals surface area contributed by atoms with E-state index in [4.69, 9.17) is 4.74 Å². The monoisotopic (exact) mass is 598 g/mol.